The van der Waals surface area contributed by atoms with Crippen molar-refractivity contribution in [3.63, 3.8) is 0 Å². The smallest absolute Gasteiger partial charge is 0.256 e. The quantitative estimate of drug-likeness (QED) is 0.501. The molecule has 0 saturated carbocycles. The van der Waals surface area contributed by atoms with E-state index in [0.717, 1.165) is 16.8 Å². The molecular weight excluding hydrogens is 536 g/mol. The fourth-order valence-electron chi connectivity index (χ4n) is 4.74. The summed E-state index contributed by atoms with van der Waals surface area (Å²) in [5, 5.41) is 8.42. The molecule has 1 aliphatic heterocycles. The van der Waals surface area contributed by atoms with Crippen LogP contribution in [0.1, 0.15) is 54.4 Å². The van der Waals surface area contributed by atoms with E-state index in [4.69, 9.17) is 0 Å². The lowest BCUT2D eigenvalue weighted by molar-refractivity contribution is -0.140. The second-order valence-electron chi connectivity index (χ2n) is 11.2. The summed E-state index contributed by atoms with van der Waals surface area (Å²) in [6.07, 6.45) is 2.11. The predicted molar refractivity (Wildman–Crippen MR) is 158 cm³/mol. The molecular formula is C31H42N6O5. The molecule has 0 bridgehead atoms. The second kappa shape index (κ2) is 14.6. The van der Waals surface area contributed by atoms with E-state index in [0.29, 0.717) is 12.0 Å². The summed E-state index contributed by atoms with van der Waals surface area (Å²) in [5.41, 5.74) is 2.86. The van der Waals surface area contributed by atoms with Gasteiger partial charge >= 0.3 is 0 Å². The molecule has 2 heterocycles. The first-order chi connectivity index (χ1) is 19.9. The summed E-state index contributed by atoms with van der Waals surface area (Å²) < 4.78 is 0. The SMILES string of the molecule is Cc1cc(C(=O)N2CCCNC(=O)[C@H](Cc3ccccc3)NC(=O)CN(C)C(=O)[C@H](C(C)C)NC(=O)[C@H]2C)cnc1C. The Kier molecular flexibility index (Phi) is 11.2. The Balaban J connectivity index is 1.92. The molecule has 0 spiro atoms. The van der Waals surface area contributed by atoms with Crippen molar-refractivity contribution in [3.05, 3.63) is 65.0 Å². The van der Waals surface area contributed by atoms with Crippen LogP contribution in [-0.4, -0.2) is 89.1 Å². The number of likely N-dealkylation sites (N-methyl/N-ethyl adjacent to an activating group) is 1. The monoisotopic (exact) mass is 578 g/mol. The van der Waals surface area contributed by atoms with E-state index < -0.39 is 35.8 Å². The Morgan fingerprint density at radius 2 is 1.74 bits per heavy atom. The molecule has 3 N–H and O–H groups in total. The largest absolute Gasteiger partial charge is 0.354 e. The minimum Gasteiger partial charge on any atom is -0.354 e. The van der Waals surface area contributed by atoms with Crippen LogP contribution in [0, 0.1) is 19.8 Å². The van der Waals surface area contributed by atoms with E-state index in [-0.39, 0.29) is 43.8 Å². The zero-order chi connectivity index (χ0) is 31.0. The van der Waals surface area contributed by atoms with Crippen LogP contribution in [0.15, 0.2) is 42.6 Å². The molecule has 1 fully saturated rings. The van der Waals surface area contributed by atoms with Gasteiger partial charge in [-0.05, 0) is 50.3 Å². The molecule has 5 amide bonds. The van der Waals surface area contributed by atoms with Gasteiger partial charge in [0.05, 0.1) is 12.1 Å². The first-order valence-electron chi connectivity index (χ1n) is 14.3. The number of rotatable bonds is 4. The fourth-order valence-corrected chi connectivity index (χ4v) is 4.74. The Morgan fingerprint density at radius 3 is 2.38 bits per heavy atom. The van der Waals surface area contributed by atoms with E-state index in [1.165, 1.54) is 23.0 Å². The van der Waals surface area contributed by atoms with Gasteiger partial charge in [0.15, 0.2) is 0 Å². The molecule has 0 aliphatic carbocycles. The number of amides is 5. The first-order valence-corrected chi connectivity index (χ1v) is 14.3. The van der Waals surface area contributed by atoms with E-state index in [1.54, 1.807) is 26.8 Å². The third-order valence-electron chi connectivity index (χ3n) is 7.49. The van der Waals surface area contributed by atoms with Crippen LogP contribution >= 0.6 is 0 Å². The fraction of sp³-hybridized carbons (Fsp3) is 0.484. The summed E-state index contributed by atoms with van der Waals surface area (Å²) in [4.78, 5) is 73.6. The van der Waals surface area contributed by atoms with Gasteiger partial charge in [0, 0.05) is 38.4 Å². The van der Waals surface area contributed by atoms with Gasteiger partial charge in [-0.3, -0.25) is 29.0 Å². The van der Waals surface area contributed by atoms with Crippen molar-refractivity contribution in [1.82, 2.24) is 30.7 Å². The van der Waals surface area contributed by atoms with Crippen molar-refractivity contribution in [2.75, 3.05) is 26.7 Å². The molecule has 0 unspecified atom stereocenters. The number of carbonyl (C=O) groups is 5. The minimum atomic E-state index is -0.922. The van der Waals surface area contributed by atoms with E-state index in [9.17, 15) is 24.0 Å². The Hall–Kier alpha value is -4.28. The zero-order valence-electron chi connectivity index (χ0n) is 25.3. The van der Waals surface area contributed by atoms with Gasteiger partial charge in [0.2, 0.25) is 23.6 Å². The van der Waals surface area contributed by atoms with Crippen LogP contribution in [-0.2, 0) is 25.6 Å². The maximum atomic E-state index is 13.6. The van der Waals surface area contributed by atoms with Crippen LogP contribution in [0.2, 0.25) is 0 Å². The van der Waals surface area contributed by atoms with Gasteiger partial charge in [-0.1, -0.05) is 44.2 Å². The van der Waals surface area contributed by atoms with Crippen molar-refractivity contribution < 1.29 is 24.0 Å². The summed E-state index contributed by atoms with van der Waals surface area (Å²) in [6.45, 7) is 9.00. The lowest BCUT2D eigenvalue weighted by Gasteiger charge is -2.32. The zero-order valence-corrected chi connectivity index (χ0v) is 25.3. The molecule has 11 heteroatoms. The molecule has 1 aromatic carbocycles. The number of nitrogens with zero attached hydrogens (tertiary/aromatic N) is 3. The van der Waals surface area contributed by atoms with Crippen LogP contribution in [0.3, 0.4) is 0 Å². The number of nitrogens with one attached hydrogen (secondary N) is 3. The molecule has 0 radical (unpaired) electrons. The molecule has 3 rings (SSSR count). The predicted octanol–water partition coefficient (Wildman–Crippen LogP) is 1.38. The summed E-state index contributed by atoms with van der Waals surface area (Å²) in [5.74, 6) is -2.48. The van der Waals surface area contributed by atoms with Crippen molar-refractivity contribution in [1.29, 1.82) is 0 Å². The Bertz CT molecular complexity index is 1300. The van der Waals surface area contributed by atoms with Crippen molar-refractivity contribution in [2.45, 2.75) is 65.6 Å². The van der Waals surface area contributed by atoms with Crippen molar-refractivity contribution in [2.24, 2.45) is 5.92 Å². The van der Waals surface area contributed by atoms with E-state index in [1.807, 2.05) is 44.2 Å². The molecule has 226 valence electrons. The van der Waals surface area contributed by atoms with Crippen molar-refractivity contribution >= 4 is 29.5 Å². The third kappa shape index (κ3) is 8.37. The highest BCUT2D eigenvalue weighted by Crippen LogP contribution is 2.14. The summed E-state index contributed by atoms with van der Waals surface area (Å²) >= 11 is 0. The van der Waals surface area contributed by atoms with Crippen LogP contribution in [0.4, 0.5) is 0 Å². The average molecular weight is 579 g/mol. The summed E-state index contributed by atoms with van der Waals surface area (Å²) in [6, 6.07) is 8.36. The van der Waals surface area contributed by atoms with Crippen molar-refractivity contribution in [3.8, 4) is 0 Å². The number of aryl methyl sites for hydroxylation is 2. The second-order valence-corrected chi connectivity index (χ2v) is 11.2. The van der Waals surface area contributed by atoms with Gasteiger partial charge < -0.3 is 25.8 Å². The topological polar surface area (TPSA) is 141 Å². The molecule has 1 aliphatic rings. The maximum Gasteiger partial charge on any atom is 0.256 e. The molecule has 1 aromatic heterocycles. The minimum absolute atomic E-state index is 0.163. The van der Waals surface area contributed by atoms with Crippen LogP contribution in [0.25, 0.3) is 0 Å². The van der Waals surface area contributed by atoms with Gasteiger partial charge in [-0.15, -0.1) is 0 Å². The number of pyridine rings is 1. The first kappa shape index (κ1) is 32.2. The van der Waals surface area contributed by atoms with Crippen LogP contribution < -0.4 is 16.0 Å². The highest BCUT2D eigenvalue weighted by Gasteiger charge is 2.33. The van der Waals surface area contributed by atoms with Gasteiger partial charge in [-0.25, -0.2) is 0 Å². The molecule has 2 aromatic rings. The lowest BCUT2D eigenvalue weighted by Crippen LogP contribution is -2.57. The maximum absolute atomic E-state index is 13.6. The molecule has 1 saturated heterocycles. The highest BCUT2D eigenvalue weighted by atomic mass is 16.2. The number of hydrogen-bond acceptors (Lipinski definition) is 6. The normalized spacial score (nSPS) is 21.5. The molecule has 3 atom stereocenters. The van der Waals surface area contributed by atoms with E-state index >= 15 is 0 Å². The number of benzene rings is 1. The number of aromatic nitrogens is 1. The molecule has 11 nitrogen and oxygen atoms in total. The van der Waals surface area contributed by atoms with Gasteiger partial charge in [0.25, 0.3) is 5.91 Å². The number of hydrogen-bond donors (Lipinski definition) is 3. The third-order valence-corrected chi connectivity index (χ3v) is 7.49. The highest BCUT2D eigenvalue weighted by molar-refractivity contribution is 5.98. The Morgan fingerprint density at radius 1 is 1.05 bits per heavy atom. The van der Waals surface area contributed by atoms with Gasteiger partial charge in [0.1, 0.15) is 18.1 Å². The standard InChI is InChI=1S/C31H42N6O5/c1-19(2)27-31(42)36(6)18-26(38)34-25(16-23-11-8-7-9-12-23)29(40)32-13-10-14-37(22(5)28(39)35-27)30(41)24-15-20(3)21(4)33-17-24/h7-9,11-12,15,17,19,22,25,27H,10,13-14,16,18H2,1-6H3,(H,32,40)(H,34,38)(H,35,39)/t22-,25+,27+/m1/s1. The van der Waals surface area contributed by atoms with Crippen LogP contribution in [0.5, 0.6) is 0 Å². The summed E-state index contributed by atoms with van der Waals surface area (Å²) in [7, 11) is 1.48. The lowest BCUT2D eigenvalue weighted by atomic mass is 10.0. The van der Waals surface area contributed by atoms with E-state index in [2.05, 4.69) is 20.9 Å². The Labute approximate surface area is 247 Å². The van der Waals surface area contributed by atoms with Gasteiger partial charge in [-0.2, -0.15) is 0 Å². The molecule has 42 heavy (non-hydrogen) atoms. The average Bonchev–Trinajstić information content (AvgIpc) is 2.95. The number of carbonyl (C=O) groups excluding carboxylic acids is 5.